The molecular weight excluding hydrogens is 536 g/mol. The third-order valence-electron chi connectivity index (χ3n) is 6.43. The first-order valence-electron chi connectivity index (χ1n) is 14.0. The van der Waals surface area contributed by atoms with E-state index in [1.807, 2.05) is 86.9 Å². The molecule has 4 rings (SSSR count). The van der Waals surface area contributed by atoms with Gasteiger partial charge in [0, 0.05) is 12.8 Å². The van der Waals surface area contributed by atoms with Crippen LogP contribution in [-0.2, 0) is 32.2 Å². The molecule has 2 unspecified atom stereocenters. The van der Waals surface area contributed by atoms with Crippen LogP contribution in [0, 0.1) is 5.92 Å². The highest BCUT2D eigenvalue weighted by Gasteiger charge is 2.22. The number of hydrogen-bond acceptors (Lipinski definition) is 8. The highest BCUT2D eigenvalue weighted by atomic mass is 16.5. The molecule has 12 heteroatoms. The number of amides is 2. The summed E-state index contributed by atoms with van der Waals surface area (Å²) < 4.78 is 14.8. The molecule has 222 valence electrons. The van der Waals surface area contributed by atoms with Gasteiger partial charge in [-0.05, 0) is 11.1 Å². The summed E-state index contributed by atoms with van der Waals surface area (Å²) in [7, 11) is 0. The van der Waals surface area contributed by atoms with E-state index in [0.717, 1.165) is 11.1 Å². The van der Waals surface area contributed by atoms with Crippen LogP contribution in [0.3, 0.4) is 0 Å². The van der Waals surface area contributed by atoms with Crippen molar-refractivity contribution in [3.05, 3.63) is 95.6 Å². The predicted octanol–water partition coefficient (Wildman–Crippen LogP) is 2.69. The van der Waals surface area contributed by atoms with Gasteiger partial charge in [0.1, 0.15) is 11.4 Å². The second kappa shape index (κ2) is 15.5. The minimum Gasteiger partial charge on any atom is -0.377 e. The molecule has 2 N–H and O–H groups in total. The monoisotopic (exact) mass is 574 g/mol. The number of carbonyl (C=O) groups is 2. The van der Waals surface area contributed by atoms with Crippen LogP contribution in [0.1, 0.15) is 55.4 Å². The molecule has 0 aliphatic heterocycles. The average molecular weight is 575 g/mol. The molecule has 0 saturated carbocycles. The lowest BCUT2D eigenvalue weighted by Crippen LogP contribution is -2.32. The molecule has 0 bridgehead atoms. The standard InChI is InChI=1S/C30H38N8O4/c1-22(2)30(40)32-29(25-12-8-5-9-13-25)27-21-38(36-34-27)15-17-42-19-18-41-16-14-37-20-26(33-35-37)28(31-23(3)39)24-10-6-4-7-11-24/h4-13,20-22,28-29H,14-19H2,1-3H3,(H,31,39)(H,32,40). The third kappa shape index (κ3) is 9.05. The highest BCUT2D eigenvalue weighted by molar-refractivity contribution is 5.78. The summed E-state index contributed by atoms with van der Waals surface area (Å²) in [6, 6.07) is 18.6. The number of ether oxygens (including phenoxy) is 2. The summed E-state index contributed by atoms with van der Waals surface area (Å²) in [5, 5.41) is 22.9. The number of rotatable bonds is 16. The van der Waals surface area contributed by atoms with Gasteiger partial charge in [-0.3, -0.25) is 9.59 Å². The first kappa shape index (κ1) is 30.5. The van der Waals surface area contributed by atoms with Crippen LogP contribution in [0.4, 0.5) is 0 Å². The summed E-state index contributed by atoms with van der Waals surface area (Å²) >= 11 is 0. The Morgan fingerprint density at radius 2 is 1.17 bits per heavy atom. The van der Waals surface area contributed by atoms with Gasteiger partial charge in [0.05, 0.1) is 64.0 Å². The van der Waals surface area contributed by atoms with Gasteiger partial charge in [-0.2, -0.15) is 0 Å². The van der Waals surface area contributed by atoms with E-state index in [9.17, 15) is 9.59 Å². The fourth-order valence-electron chi connectivity index (χ4n) is 4.21. The minimum atomic E-state index is -0.375. The molecule has 0 aliphatic rings. The molecule has 2 atom stereocenters. The molecular formula is C30H38N8O4. The molecule has 0 radical (unpaired) electrons. The fourth-order valence-corrected chi connectivity index (χ4v) is 4.21. The SMILES string of the molecule is CC(=O)NC(c1ccccc1)c1cn(CCOCCOCCn2cc(C(NC(=O)C(C)C)c3ccccc3)nn2)nn1. The first-order chi connectivity index (χ1) is 20.4. The quantitative estimate of drug-likeness (QED) is 0.195. The maximum Gasteiger partial charge on any atom is 0.223 e. The molecule has 2 amide bonds. The van der Waals surface area contributed by atoms with Crippen LogP contribution < -0.4 is 10.6 Å². The summed E-state index contributed by atoms with van der Waals surface area (Å²) in [5.41, 5.74) is 3.21. The second-order valence-corrected chi connectivity index (χ2v) is 10.1. The van der Waals surface area contributed by atoms with E-state index in [-0.39, 0.29) is 29.8 Å². The van der Waals surface area contributed by atoms with Gasteiger partial charge >= 0.3 is 0 Å². The molecule has 2 aromatic carbocycles. The number of aromatic nitrogens is 6. The molecule has 2 heterocycles. The lowest BCUT2D eigenvalue weighted by atomic mass is 10.0. The molecule has 0 spiro atoms. The number of benzene rings is 2. The Labute approximate surface area is 245 Å². The number of carbonyl (C=O) groups excluding carboxylic acids is 2. The number of hydrogen-bond donors (Lipinski definition) is 2. The van der Waals surface area contributed by atoms with Gasteiger partial charge in [0.15, 0.2) is 0 Å². The Morgan fingerprint density at radius 1 is 0.714 bits per heavy atom. The van der Waals surface area contributed by atoms with Crippen molar-refractivity contribution >= 4 is 11.8 Å². The van der Waals surface area contributed by atoms with Gasteiger partial charge in [-0.15, -0.1) is 10.2 Å². The van der Waals surface area contributed by atoms with Crippen LogP contribution in [0.5, 0.6) is 0 Å². The third-order valence-corrected chi connectivity index (χ3v) is 6.43. The van der Waals surface area contributed by atoms with Crippen molar-refractivity contribution in [2.75, 3.05) is 26.4 Å². The van der Waals surface area contributed by atoms with Crippen molar-refractivity contribution in [2.24, 2.45) is 5.92 Å². The van der Waals surface area contributed by atoms with E-state index in [0.29, 0.717) is 50.9 Å². The Morgan fingerprint density at radius 3 is 1.60 bits per heavy atom. The van der Waals surface area contributed by atoms with Crippen LogP contribution >= 0.6 is 0 Å². The van der Waals surface area contributed by atoms with E-state index < -0.39 is 0 Å². The topological polar surface area (TPSA) is 138 Å². The Kier molecular flexibility index (Phi) is 11.3. The molecule has 42 heavy (non-hydrogen) atoms. The van der Waals surface area contributed by atoms with Gasteiger partial charge in [-0.25, -0.2) is 9.36 Å². The lowest BCUT2D eigenvalue weighted by molar-refractivity contribution is -0.124. The zero-order valence-electron chi connectivity index (χ0n) is 24.2. The molecule has 12 nitrogen and oxygen atoms in total. The van der Waals surface area contributed by atoms with Crippen molar-refractivity contribution in [2.45, 2.75) is 45.9 Å². The van der Waals surface area contributed by atoms with Gasteiger partial charge in [-0.1, -0.05) is 84.9 Å². The van der Waals surface area contributed by atoms with Crippen LogP contribution in [0.25, 0.3) is 0 Å². The van der Waals surface area contributed by atoms with Crippen molar-refractivity contribution in [1.82, 2.24) is 40.6 Å². The maximum absolute atomic E-state index is 12.4. The highest BCUT2D eigenvalue weighted by Crippen LogP contribution is 2.21. The number of nitrogens with zero attached hydrogens (tertiary/aromatic N) is 6. The Hall–Kier alpha value is -4.42. The molecule has 0 fully saturated rings. The van der Waals surface area contributed by atoms with Gasteiger partial charge < -0.3 is 20.1 Å². The summed E-state index contributed by atoms with van der Waals surface area (Å²) in [6.45, 7) is 7.98. The minimum absolute atomic E-state index is 0.0487. The summed E-state index contributed by atoms with van der Waals surface area (Å²) in [6.07, 6.45) is 3.65. The van der Waals surface area contributed by atoms with Crippen LogP contribution in [-0.4, -0.2) is 68.2 Å². The maximum atomic E-state index is 12.4. The van der Waals surface area contributed by atoms with Crippen molar-refractivity contribution < 1.29 is 19.1 Å². The first-order valence-corrected chi connectivity index (χ1v) is 14.0. The van der Waals surface area contributed by atoms with E-state index >= 15 is 0 Å². The molecule has 0 aliphatic carbocycles. The smallest absolute Gasteiger partial charge is 0.223 e. The predicted molar refractivity (Wildman–Crippen MR) is 155 cm³/mol. The normalized spacial score (nSPS) is 12.7. The van der Waals surface area contributed by atoms with E-state index in [1.165, 1.54) is 6.92 Å². The largest absolute Gasteiger partial charge is 0.377 e. The van der Waals surface area contributed by atoms with Crippen molar-refractivity contribution in [1.29, 1.82) is 0 Å². The van der Waals surface area contributed by atoms with Crippen molar-refractivity contribution in [3.63, 3.8) is 0 Å². The lowest BCUT2D eigenvalue weighted by Gasteiger charge is -2.18. The van der Waals surface area contributed by atoms with Crippen LogP contribution in [0.15, 0.2) is 73.1 Å². The van der Waals surface area contributed by atoms with E-state index in [1.54, 1.807) is 9.36 Å². The summed E-state index contributed by atoms with van der Waals surface area (Å²) in [5.74, 6) is -0.331. The number of nitrogens with one attached hydrogen (secondary N) is 2. The van der Waals surface area contributed by atoms with E-state index in [2.05, 4.69) is 31.3 Å². The average Bonchev–Trinajstić information content (AvgIpc) is 3.66. The van der Waals surface area contributed by atoms with Gasteiger partial charge in [0.25, 0.3) is 0 Å². The Balaban J connectivity index is 1.17. The Bertz CT molecular complexity index is 1390. The summed E-state index contributed by atoms with van der Waals surface area (Å²) in [4.78, 5) is 24.1. The molecule has 2 aromatic heterocycles. The van der Waals surface area contributed by atoms with E-state index in [4.69, 9.17) is 9.47 Å². The zero-order valence-corrected chi connectivity index (χ0v) is 24.2. The molecule has 4 aromatic rings. The zero-order chi connectivity index (χ0) is 29.7. The van der Waals surface area contributed by atoms with Crippen molar-refractivity contribution in [3.8, 4) is 0 Å². The fraction of sp³-hybridized carbons (Fsp3) is 0.400. The van der Waals surface area contributed by atoms with Crippen LogP contribution in [0.2, 0.25) is 0 Å². The second-order valence-electron chi connectivity index (χ2n) is 10.1. The van der Waals surface area contributed by atoms with Gasteiger partial charge in [0.2, 0.25) is 11.8 Å². The molecule has 0 saturated heterocycles.